The molecule has 0 unspecified atom stereocenters. The van der Waals surface area contributed by atoms with E-state index < -0.39 is 5.97 Å². The van der Waals surface area contributed by atoms with Crippen molar-refractivity contribution >= 4 is 5.97 Å². The van der Waals surface area contributed by atoms with Gasteiger partial charge in [0.1, 0.15) is 5.75 Å². The summed E-state index contributed by atoms with van der Waals surface area (Å²) in [5, 5.41) is 12.9. The summed E-state index contributed by atoms with van der Waals surface area (Å²) in [5.41, 5.74) is 2.10. The molecule has 1 heterocycles. The number of carbonyl (C=O) groups is 1. The summed E-state index contributed by atoms with van der Waals surface area (Å²) in [4.78, 5) is 10.8. The molecule has 5 nitrogen and oxygen atoms in total. The molecule has 0 aliphatic carbocycles. The van der Waals surface area contributed by atoms with Crippen molar-refractivity contribution in [2.45, 2.75) is 19.9 Å². The van der Waals surface area contributed by atoms with E-state index in [4.69, 9.17) is 9.84 Å². The van der Waals surface area contributed by atoms with Gasteiger partial charge in [0.25, 0.3) is 0 Å². The number of carboxylic acids is 1. The van der Waals surface area contributed by atoms with Gasteiger partial charge in [-0.1, -0.05) is 12.1 Å². The van der Waals surface area contributed by atoms with Crippen LogP contribution in [-0.4, -0.2) is 28.0 Å². The Labute approximate surface area is 111 Å². The van der Waals surface area contributed by atoms with Crippen molar-refractivity contribution in [1.82, 2.24) is 9.78 Å². The van der Waals surface area contributed by atoms with Crippen molar-refractivity contribution in [1.29, 1.82) is 0 Å². The number of hydrogen-bond acceptors (Lipinski definition) is 3. The van der Waals surface area contributed by atoms with Gasteiger partial charge in [0, 0.05) is 12.2 Å². The largest absolute Gasteiger partial charge is 0.497 e. The van der Waals surface area contributed by atoms with Crippen LogP contribution in [0.5, 0.6) is 5.75 Å². The van der Waals surface area contributed by atoms with Crippen molar-refractivity contribution < 1.29 is 14.6 Å². The molecule has 0 aliphatic rings. The highest BCUT2D eigenvalue weighted by atomic mass is 16.5. The second kappa shape index (κ2) is 5.56. The SMILES string of the molecule is COc1ccc(CCn2nc(C(=O)O)cc2C)cc1. The fourth-order valence-corrected chi connectivity index (χ4v) is 1.87. The van der Waals surface area contributed by atoms with E-state index in [0.717, 1.165) is 23.4 Å². The Morgan fingerprint density at radius 2 is 2.05 bits per heavy atom. The van der Waals surface area contributed by atoms with Gasteiger partial charge in [0.15, 0.2) is 5.69 Å². The number of nitrogens with zero attached hydrogens (tertiary/aromatic N) is 2. The van der Waals surface area contributed by atoms with E-state index in [1.807, 2.05) is 31.2 Å². The van der Waals surface area contributed by atoms with Crippen LogP contribution in [0.15, 0.2) is 30.3 Å². The summed E-state index contributed by atoms with van der Waals surface area (Å²) >= 11 is 0. The predicted octanol–water partition coefficient (Wildman–Crippen LogP) is 2.14. The number of aromatic carboxylic acids is 1. The highest BCUT2D eigenvalue weighted by Crippen LogP contribution is 2.12. The summed E-state index contributed by atoms with van der Waals surface area (Å²) in [6.07, 6.45) is 0.797. The lowest BCUT2D eigenvalue weighted by atomic mass is 10.1. The molecular weight excluding hydrogens is 244 g/mol. The second-order valence-electron chi connectivity index (χ2n) is 4.30. The Balaban J connectivity index is 2.03. The Morgan fingerprint density at radius 1 is 1.37 bits per heavy atom. The van der Waals surface area contributed by atoms with Crippen molar-refractivity contribution in [3.8, 4) is 5.75 Å². The number of methoxy groups -OCH3 is 1. The summed E-state index contributed by atoms with van der Waals surface area (Å²) in [7, 11) is 1.63. The van der Waals surface area contributed by atoms with Crippen LogP contribution in [0.4, 0.5) is 0 Å². The maximum Gasteiger partial charge on any atom is 0.356 e. The molecule has 0 spiro atoms. The average Bonchev–Trinajstić information content (AvgIpc) is 2.79. The summed E-state index contributed by atoms with van der Waals surface area (Å²) < 4.78 is 6.81. The van der Waals surface area contributed by atoms with E-state index >= 15 is 0 Å². The first-order valence-corrected chi connectivity index (χ1v) is 6.01. The molecule has 1 aromatic carbocycles. The van der Waals surface area contributed by atoms with Gasteiger partial charge in [0.05, 0.1) is 7.11 Å². The van der Waals surface area contributed by atoms with Gasteiger partial charge in [-0.25, -0.2) is 4.79 Å². The standard InChI is InChI=1S/C14H16N2O3/c1-10-9-13(14(17)18)15-16(10)8-7-11-3-5-12(19-2)6-4-11/h3-6,9H,7-8H2,1-2H3,(H,17,18). The minimum Gasteiger partial charge on any atom is -0.497 e. The summed E-state index contributed by atoms with van der Waals surface area (Å²) in [5.74, 6) is -0.168. The molecule has 2 aromatic rings. The Bertz CT molecular complexity index is 573. The lowest BCUT2D eigenvalue weighted by Crippen LogP contribution is -2.06. The van der Waals surface area contributed by atoms with Gasteiger partial charge in [-0.2, -0.15) is 5.10 Å². The Hall–Kier alpha value is -2.30. The lowest BCUT2D eigenvalue weighted by molar-refractivity contribution is 0.0689. The fraction of sp³-hybridized carbons (Fsp3) is 0.286. The molecule has 0 amide bonds. The highest BCUT2D eigenvalue weighted by Gasteiger charge is 2.10. The number of aryl methyl sites for hydroxylation is 3. The van der Waals surface area contributed by atoms with Gasteiger partial charge < -0.3 is 9.84 Å². The molecule has 1 aromatic heterocycles. The van der Waals surface area contributed by atoms with Gasteiger partial charge in [0.2, 0.25) is 0 Å². The third kappa shape index (κ3) is 3.13. The maximum absolute atomic E-state index is 10.8. The van der Waals surface area contributed by atoms with Crippen molar-refractivity contribution in [3.05, 3.63) is 47.3 Å². The third-order valence-corrected chi connectivity index (χ3v) is 2.97. The number of hydrogen-bond donors (Lipinski definition) is 1. The molecule has 100 valence electrons. The minimum absolute atomic E-state index is 0.0900. The van der Waals surface area contributed by atoms with Crippen LogP contribution in [-0.2, 0) is 13.0 Å². The van der Waals surface area contributed by atoms with Crippen LogP contribution in [0, 0.1) is 6.92 Å². The zero-order valence-corrected chi connectivity index (χ0v) is 11.0. The predicted molar refractivity (Wildman–Crippen MR) is 70.6 cm³/mol. The second-order valence-corrected chi connectivity index (χ2v) is 4.30. The highest BCUT2D eigenvalue weighted by molar-refractivity contribution is 5.85. The maximum atomic E-state index is 10.8. The number of benzene rings is 1. The summed E-state index contributed by atoms with van der Waals surface area (Å²) in [6, 6.07) is 9.39. The molecule has 0 saturated carbocycles. The molecule has 0 radical (unpaired) electrons. The van der Waals surface area contributed by atoms with Crippen molar-refractivity contribution in [2.24, 2.45) is 0 Å². The number of carboxylic acid groups (broad SMARTS) is 1. The first-order valence-electron chi connectivity index (χ1n) is 6.01. The smallest absolute Gasteiger partial charge is 0.356 e. The van der Waals surface area contributed by atoms with Crippen molar-refractivity contribution in [3.63, 3.8) is 0 Å². The zero-order valence-electron chi connectivity index (χ0n) is 11.0. The monoisotopic (exact) mass is 260 g/mol. The van der Waals surface area contributed by atoms with Gasteiger partial charge in [-0.15, -0.1) is 0 Å². The number of aromatic nitrogens is 2. The molecule has 0 fully saturated rings. The molecule has 2 rings (SSSR count). The van der Waals surface area contributed by atoms with E-state index in [2.05, 4.69) is 5.10 Å². The van der Waals surface area contributed by atoms with E-state index in [0.29, 0.717) is 6.54 Å². The zero-order chi connectivity index (χ0) is 13.8. The van der Waals surface area contributed by atoms with E-state index in [9.17, 15) is 4.79 Å². The van der Waals surface area contributed by atoms with E-state index in [1.165, 1.54) is 0 Å². The van der Waals surface area contributed by atoms with Gasteiger partial charge >= 0.3 is 5.97 Å². The molecule has 1 N–H and O–H groups in total. The van der Waals surface area contributed by atoms with Crippen LogP contribution >= 0.6 is 0 Å². The molecular formula is C14H16N2O3. The lowest BCUT2D eigenvalue weighted by Gasteiger charge is -2.05. The Kier molecular flexibility index (Phi) is 3.85. The van der Waals surface area contributed by atoms with Crippen LogP contribution in [0.3, 0.4) is 0 Å². The van der Waals surface area contributed by atoms with Gasteiger partial charge in [-0.3, -0.25) is 4.68 Å². The minimum atomic E-state index is -0.994. The van der Waals surface area contributed by atoms with Crippen LogP contribution < -0.4 is 4.74 Å². The number of ether oxygens (including phenoxy) is 1. The first kappa shape index (κ1) is 13.1. The van der Waals surface area contributed by atoms with E-state index in [-0.39, 0.29) is 5.69 Å². The van der Waals surface area contributed by atoms with Gasteiger partial charge in [-0.05, 0) is 37.1 Å². The normalized spacial score (nSPS) is 10.4. The topological polar surface area (TPSA) is 64.4 Å². The first-order chi connectivity index (χ1) is 9.10. The third-order valence-electron chi connectivity index (χ3n) is 2.97. The Morgan fingerprint density at radius 3 is 2.58 bits per heavy atom. The molecule has 0 bridgehead atoms. The molecule has 0 aliphatic heterocycles. The van der Waals surface area contributed by atoms with Crippen LogP contribution in [0.2, 0.25) is 0 Å². The average molecular weight is 260 g/mol. The van der Waals surface area contributed by atoms with Crippen LogP contribution in [0.25, 0.3) is 0 Å². The molecule has 19 heavy (non-hydrogen) atoms. The molecule has 5 heteroatoms. The number of rotatable bonds is 5. The molecule has 0 saturated heterocycles. The summed E-state index contributed by atoms with van der Waals surface area (Å²) in [6.45, 7) is 2.51. The molecule has 0 atom stereocenters. The van der Waals surface area contributed by atoms with Crippen molar-refractivity contribution in [2.75, 3.05) is 7.11 Å². The van der Waals surface area contributed by atoms with E-state index in [1.54, 1.807) is 17.9 Å². The fourth-order valence-electron chi connectivity index (χ4n) is 1.87. The van der Waals surface area contributed by atoms with Crippen LogP contribution in [0.1, 0.15) is 21.7 Å². The quantitative estimate of drug-likeness (QED) is 0.894.